The fourth-order valence-corrected chi connectivity index (χ4v) is 2.90. The van der Waals surface area contributed by atoms with Gasteiger partial charge in [-0.2, -0.15) is 0 Å². The van der Waals surface area contributed by atoms with E-state index < -0.39 is 5.91 Å². The largest absolute Gasteiger partial charge is 0.451 e. The van der Waals surface area contributed by atoms with Crippen LogP contribution in [0, 0.1) is 6.92 Å². The molecule has 0 saturated heterocycles. The number of anilines is 3. The molecule has 4 aromatic rings. The van der Waals surface area contributed by atoms with Gasteiger partial charge in [-0.3, -0.25) is 9.59 Å². The summed E-state index contributed by atoms with van der Waals surface area (Å²) in [6.45, 7) is 2.72. The molecular formula is C22H20N6O3. The molecule has 0 radical (unpaired) electrons. The van der Waals surface area contributed by atoms with Gasteiger partial charge in [-0.15, -0.1) is 10.2 Å². The molecule has 3 aromatic heterocycles. The Balaban J connectivity index is 1.28. The number of nitrogens with one attached hydrogen (secondary N) is 3. The van der Waals surface area contributed by atoms with Gasteiger partial charge < -0.3 is 20.4 Å². The SMILES string of the molecule is Cc1ccnc(Nc2ccc(NCCNC(=O)c3cc(=O)c4ccccc4o3)nn2)c1. The molecule has 0 fully saturated rings. The molecule has 0 aliphatic carbocycles. The first-order valence-corrected chi connectivity index (χ1v) is 9.67. The number of rotatable bonds is 7. The maximum atomic E-state index is 12.3. The van der Waals surface area contributed by atoms with Crippen molar-refractivity contribution in [3.63, 3.8) is 0 Å². The zero-order valence-electron chi connectivity index (χ0n) is 16.8. The molecule has 0 unspecified atom stereocenters. The minimum absolute atomic E-state index is 0.0244. The molecule has 3 N–H and O–H groups in total. The fraction of sp³-hybridized carbons (Fsp3) is 0.136. The normalized spacial score (nSPS) is 10.6. The number of pyridine rings is 1. The molecule has 9 heteroatoms. The topological polar surface area (TPSA) is 122 Å². The van der Waals surface area contributed by atoms with E-state index in [9.17, 15) is 9.59 Å². The number of carbonyl (C=O) groups is 1. The Morgan fingerprint density at radius 3 is 2.58 bits per heavy atom. The summed E-state index contributed by atoms with van der Waals surface area (Å²) in [5.74, 6) is 1.35. The Labute approximate surface area is 177 Å². The molecule has 0 atom stereocenters. The van der Waals surface area contributed by atoms with Gasteiger partial charge in [0.2, 0.25) is 0 Å². The van der Waals surface area contributed by atoms with E-state index in [2.05, 4.69) is 31.1 Å². The van der Waals surface area contributed by atoms with Crippen LogP contribution in [0.1, 0.15) is 16.1 Å². The van der Waals surface area contributed by atoms with Crippen molar-refractivity contribution in [2.24, 2.45) is 0 Å². The van der Waals surface area contributed by atoms with Crippen molar-refractivity contribution in [1.82, 2.24) is 20.5 Å². The third-order valence-electron chi connectivity index (χ3n) is 4.41. The van der Waals surface area contributed by atoms with E-state index >= 15 is 0 Å². The minimum atomic E-state index is -0.457. The van der Waals surface area contributed by atoms with Crippen LogP contribution in [0.25, 0.3) is 11.0 Å². The van der Waals surface area contributed by atoms with Crippen LogP contribution < -0.4 is 21.4 Å². The van der Waals surface area contributed by atoms with Gasteiger partial charge >= 0.3 is 0 Å². The number of para-hydroxylation sites is 1. The quantitative estimate of drug-likeness (QED) is 0.393. The lowest BCUT2D eigenvalue weighted by atomic mass is 10.2. The number of aromatic nitrogens is 3. The number of hydrogen-bond acceptors (Lipinski definition) is 8. The van der Waals surface area contributed by atoms with E-state index in [0.717, 1.165) is 5.56 Å². The third kappa shape index (κ3) is 5.02. The second-order valence-electron chi connectivity index (χ2n) is 6.80. The van der Waals surface area contributed by atoms with Crippen molar-refractivity contribution in [1.29, 1.82) is 0 Å². The second kappa shape index (κ2) is 9.04. The van der Waals surface area contributed by atoms with E-state index in [1.54, 1.807) is 42.6 Å². The number of amides is 1. The molecule has 0 aliphatic heterocycles. The Hall–Kier alpha value is -4.27. The first-order chi connectivity index (χ1) is 15.1. The summed E-state index contributed by atoms with van der Waals surface area (Å²) in [5, 5.41) is 17.5. The summed E-state index contributed by atoms with van der Waals surface area (Å²) in [7, 11) is 0. The molecule has 1 aromatic carbocycles. The Kier molecular flexibility index (Phi) is 5.84. The van der Waals surface area contributed by atoms with Crippen molar-refractivity contribution >= 4 is 34.3 Å². The summed E-state index contributed by atoms with van der Waals surface area (Å²) in [6.07, 6.45) is 1.72. The first kappa shape index (κ1) is 20.0. The first-order valence-electron chi connectivity index (χ1n) is 9.67. The molecule has 0 spiro atoms. The minimum Gasteiger partial charge on any atom is -0.451 e. The molecule has 0 aliphatic rings. The van der Waals surface area contributed by atoms with Crippen LogP contribution >= 0.6 is 0 Å². The smallest absolute Gasteiger partial charge is 0.287 e. The zero-order chi connectivity index (χ0) is 21.6. The number of fused-ring (bicyclic) bond motifs is 1. The average Bonchev–Trinajstić information content (AvgIpc) is 2.78. The highest BCUT2D eigenvalue weighted by Gasteiger charge is 2.11. The lowest BCUT2D eigenvalue weighted by Crippen LogP contribution is -2.29. The second-order valence-corrected chi connectivity index (χ2v) is 6.80. The lowest BCUT2D eigenvalue weighted by molar-refractivity contribution is 0.0928. The van der Waals surface area contributed by atoms with Crippen LogP contribution in [0.5, 0.6) is 0 Å². The third-order valence-corrected chi connectivity index (χ3v) is 4.41. The van der Waals surface area contributed by atoms with E-state index in [1.165, 1.54) is 6.07 Å². The molecular weight excluding hydrogens is 396 g/mol. The number of aryl methyl sites for hydroxylation is 1. The van der Waals surface area contributed by atoms with Gasteiger partial charge in [0, 0.05) is 25.4 Å². The predicted molar refractivity (Wildman–Crippen MR) is 118 cm³/mol. The molecule has 0 saturated carbocycles. The van der Waals surface area contributed by atoms with Crippen molar-refractivity contribution in [3.05, 3.63) is 82.3 Å². The van der Waals surface area contributed by atoms with Crippen LogP contribution in [0.3, 0.4) is 0 Å². The van der Waals surface area contributed by atoms with Crippen LogP contribution in [0.2, 0.25) is 0 Å². The molecule has 9 nitrogen and oxygen atoms in total. The fourth-order valence-electron chi connectivity index (χ4n) is 2.90. The average molecular weight is 416 g/mol. The van der Waals surface area contributed by atoms with Gasteiger partial charge in [0.05, 0.1) is 5.39 Å². The molecule has 31 heavy (non-hydrogen) atoms. The maximum Gasteiger partial charge on any atom is 0.287 e. The van der Waals surface area contributed by atoms with Gasteiger partial charge in [-0.25, -0.2) is 4.98 Å². The van der Waals surface area contributed by atoms with Gasteiger partial charge in [-0.05, 0) is 48.9 Å². The van der Waals surface area contributed by atoms with Crippen molar-refractivity contribution in [2.45, 2.75) is 6.92 Å². The van der Waals surface area contributed by atoms with Crippen LogP contribution in [0.15, 0.2) is 70.0 Å². The summed E-state index contributed by atoms with van der Waals surface area (Å²) < 4.78 is 5.52. The Morgan fingerprint density at radius 1 is 0.968 bits per heavy atom. The summed E-state index contributed by atoms with van der Waals surface area (Å²) in [4.78, 5) is 28.6. The molecule has 156 valence electrons. The van der Waals surface area contributed by atoms with Crippen molar-refractivity contribution in [2.75, 3.05) is 23.7 Å². The highest BCUT2D eigenvalue weighted by molar-refractivity contribution is 5.93. The zero-order valence-corrected chi connectivity index (χ0v) is 16.8. The molecule has 4 rings (SSSR count). The number of carbonyl (C=O) groups excluding carboxylic acids is 1. The number of hydrogen-bond donors (Lipinski definition) is 3. The highest BCUT2D eigenvalue weighted by Crippen LogP contribution is 2.14. The Morgan fingerprint density at radius 2 is 1.77 bits per heavy atom. The summed E-state index contributed by atoms with van der Waals surface area (Å²) >= 11 is 0. The van der Waals surface area contributed by atoms with E-state index in [1.807, 2.05) is 19.1 Å². The standard InChI is InChI=1S/C22H20N6O3/c1-14-8-9-23-21(12-14)26-20-7-6-19(27-28-20)24-10-11-25-22(30)18-13-16(29)15-4-2-3-5-17(15)31-18/h2-9,12-13H,10-11H2,1H3,(H,24,27)(H,25,30)(H,23,26,28). The van der Waals surface area contributed by atoms with Gasteiger partial charge in [0.25, 0.3) is 5.91 Å². The number of benzene rings is 1. The highest BCUT2D eigenvalue weighted by atomic mass is 16.3. The van der Waals surface area contributed by atoms with Gasteiger partial charge in [0.15, 0.2) is 17.0 Å². The van der Waals surface area contributed by atoms with Gasteiger partial charge in [0.1, 0.15) is 17.2 Å². The maximum absolute atomic E-state index is 12.3. The number of nitrogens with zero attached hydrogens (tertiary/aromatic N) is 3. The molecule has 0 bridgehead atoms. The van der Waals surface area contributed by atoms with Gasteiger partial charge in [-0.1, -0.05) is 12.1 Å². The van der Waals surface area contributed by atoms with Crippen molar-refractivity contribution in [3.8, 4) is 0 Å². The molecule has 1 amide bonds. The van der Waals surface area contributed by atoms with Crippen LogP contribution in [-0.2, 0) is 0 Å². The van der Waals surface area contributed by atoms with E-state index in [-0.39, 0.29) is 11.2 Å². The summed E-state index contributed by atoms with van der Waals surface area (Å²) in [6, 6.07) is 15.4. The van der Waals surface area contributed by atoms with Crippen LogP contribution in [-0.4, -0.2) is 34.2 Å². The Bertz CT molecular complexity index is 1270. The van der Waals surface area contributed by atoms with E-state index in [4.69, 9.17) is 4.42 Å². The monoisotopic (exact) mass is 416 g/mol. The van der Waals surface area contributed by atoms with Crippen LogP contribution in [0.4, 0.5) is 17.5 Å². The van der Waals surface area contributed by atoms with Crippen molar-refractivity contribution < 1.29 is 9.21 Å². The van der Waals surface area contributed by atoms with E-state index in [0.29, 0.717) is 41.5 Å². The summed E-state index contributed by atoms with van der Waals surface area (Å²) in [5.41, 5.74) is 1.21. The predicted octanol–water partition coefficient (Wildman–Crippen LogP) is 2.87. The lowest BCUT2D eigenvalue weighted by Gasteiger charge is -2.08. The molecule has 3 heterocycles.